The van der Waals surface area contributed by atoms with Crippen molar-refractivity contribution in [2.45, 2.75) is 31.5 Å². The molecule has 3 amide bonds. The Bertz CT molecular complexity index is 618. The molecule has 1 aromatic carbocycles. The molecule has 1 fully saturated rings. The van der Waals surface area contributed by atoms with Gasteiger partial charge in [-0.2, -0.15) is 13.2 Å². The molecule has 25 heavy (non-hydrogen) atoms. The highest BCUT2D eigenvalue weighted by Crippen LogP contribution is 2.26. The number of rotatable bonds is 7. The molecule has 2 N–H and O–H groups in total. The SMILES string of the molecule is O=C(CN(CCc1cccc(F)c1)C1CC1)NC(=O)NCC(F)(F)F. The molecule has 1 saturated carbocycles. The fourth-order valence-corrected chi connectivity index (χ4v) is 2.37. The number of imide groups is 1. The van der Waals surface area contributed by atoms with E-state index in [9.17, 15) is 27.2 Å². The first-order valence-corrected chi connectivity index (χ1v) is 7.86. The van der Waals surface area contributed by atoms with Crippen LogP contribution in [0.5, 0.6) is 0 Å². The lowest BCUT2D eigenvalue weighted by atomic mass is 10.1. The molecule has 0 heterocycles. The van der Waals surface area contributed by atoms with Crippen molar-refractivity contribution in [2.75, 3.05) is 19.6 Å². The largest absolute Gasteiger partial charge is 0.405 e. The Labute approximate surface area is 142 Å². The number of halogens is 4. The molecule has 9 heteroatoms. The van der Waals surface area contributed by atoms with Crippen LogP contribution in [0, 0.1) is 5.82 Å². The zero-order valence-corrected chi connectivity index (χ0v) is 13.4. The Hall–Kier alpha value is -2.16. The van der Waals surface area contributed by atoms with E-state index in [0.717, 1.165) is 18.4 Å². The fourth-order valence-electron chi connectivity index (χ4n) is 2.37. The Balaban J connectivity index is 1.78. The number of amides is 3. The molecular formula is C16H19F4N3O2. The molecule has 5 nitrogen and oxygen atoms in total. The third-order valence-electron chi connectivity index (χ3n) is 3.69. The minimum absolute atomic E-state index is 0.0978. The summed E-state index contributed by atoms with van der Waals surface area (Å²) in [7, 11) is 0. The van der Waals surface area contributed by atoms with Crippen molar-refractivity contribution < 1.29 is 27.2 Å². The summed E-state index contributed by atoms with van der Waals surface area (Å²) in [6.45, 7) is -1.11. The maximum absolute atomic E-state index is 13.2. The number of carbonyl (C=O) groups is 2. The number of hydrogen-bond acceptors (Lipinski definition) is 3. The zero-order chi connectivity index (χ0) is 18.4. The molecule has 1 aliphatic rings. The highest BCUT2D eigenvalue weighted by atomic mass is 19.4. The summed E-state index contributed by atoms with van der Waals surface area (Å²) in [5, 5.41) is 3.46. The minimum Gasteiger partial charge on any atom is -0.329 e. The van der Waals surface area contributed by atoms with Crippen LogP contribution < -0.4 is 10.6 Å². The number of nitrogens with one attached hydrogen (secondary N) is 2. The van der Waals surface area contributed by atoms with Gasteiger partial charge >= 0.3 is 12.2 Å². The number of hydrogen-bond donors (Lipinski definition) is 2. The van der Waals surface area contributed by atoms with Crippen molar-refractivity contribution >= 4 is 11.9 Å². The lowest BCUT2D eigenvalue weighted by Gasteiger charge is -2.21. The van der Waals surface area contributed by atoms with Gasteiger partial charge in [-0.15, -0.1) is 0 Å². The van der Waals surface area contributed by atoms with E-state index < -0.39 is 24.7 Å². The lowest BCUT2D eigenvalue weighted by molar-refractivity contribution is -0.125. The van der Waals surface area contributed by atoms with Gasteiger partial charge in [0.15, 0.2) is 0 Å². The fraction of sp³-hybridized carbons (Fsp3) is 0.500. The van der Waals surface area contributed by atoms with E-state index in [1.54, 1.807) is 17.4 Å². The van der Waals surface area contributed by atoms with Crippen LogP contribution >= 0.6 is 0 Å². The molecule has 1 aliphatic carbocycles. The number of urea groups is 1. The third kappa shape index (κ3) is 7.51. The summed E-state index contributed by atoms with van der Waals surface area (Å²) in [4.78, 5) is 25.0. The minimum atomic E-state index is -4.54. The second-order valence-electron chi connectivity index (χ2n) is 5.93. The molecular weight excluding hydrogens is 342 g/mol. The van der Waals surface area contributed by atoms with Crippen LogP contribution in [0.15, 0.2) is 24.3 Å². The summed E-state index contributed by atoms with van der Waals surface area (Å²) in [6, 6.07) is 5.16. The second-order valence-corrected chi connectivity index (χ2v) is 5.93. The normalized spacial score (nSPS) is 14.4. The number of nitrogens with zero attached hydrogens (tertiary/aromatic N) is 1. The van der Waals surface area contributed by atoms with Crippen LogP contribution in [-0.4, -0.2) is 48.7 Å². The molecule has 1 aromatic rings. The van der Waals surface area contributed by atoms with Crippen LogP contribution in [0.25, 0.3) is 0 Å². The zero-order valence-electron chi connectivity index (χ0n) is 13.4. The van der Waals surface area contributed by atoms with Crippen molar-refractivity contribution in [1.29, 1.82) is 0 Å². The maximum atomic E-state index is 13.2. The molecule has 0 spiro atoms. The van der Waals surface area contributed by atoms with Gasteiger partial charge in [0.25, 0.3) is 0 Å². The van der Waals surface area contributed by atoms with E-state index in [1.165, 1.54) is 12.1 Å². The quantitative estimate of drug-likeness (QED) is 0.732. The predicted octanol–water partition coefficient (Wildman–Crippen LogP) is 2.22. The average Bonchev–Trinajstić information content (AvgIpc) is 3.33. The third-order valence-corrected chi connectivity index (χ3v) is 3.69. The standard InChI is InChI=1S/C16H19F4N3O2/c17-12-3-1-2-11(8-12)6-7-23(13-4-5-13)9-14(24)22-15(25)21-10-16(18,19)20/h1-3,8,13H,4-7,9-10H2,(H2,21,22,24,25). The first kappa shape index (κ1) is 19.2. The van der Waals surface area contributed by atoms with Crippen LogP contribution in [0.1, 0.15) is 18.4 Å². The summed E-state index contributed by atoms with van der Waals surface area (Å²) >= 11 is 0. The van der Waals surface area contributed by atoms with Gasteiger partial charge < -0.3 is 5.32 Å². The Kier molecular flexibility index (Phi) is 6.35. The summed E-state index contributed by atoms with van der Waals surface area (Å²) in [5.41, 5.74) is 0.786. The van der Waals surface area contributed by atoms with Gasteiger partial charge in [0.2, 0.25) is 5.91 Å². The smallest absolute Gasteiger partial charge is 0.329 e. The van der Waals surface area contributed by atoms with E-state index in [2.05, 4.69) is 0 Å². The van der Waals surface area contributed by atoms with Crippen molar-refractivity contribution in [3.63, 3.8) is 0 Å². The first-order valence-electron chi connectivity index (χ1n) is 7.86. The lowest BCUT2D eigenvalue weighted by Crippen LogP contribution is -2.47. The van der Waals surface area contributed by atoms with E-state index in [1.807, 2.05) is 10.2 Å². The van der Waals surface area contributed by atoms with Crippen LogP contribution in [0.2, 0.25) is 0 Å². The van der Waals surface area contributed by atoms with Gasteiger partial charge in [0.05, 0.1) is 6.54 Å². The monoisotopic (exact) mass is 361 g/mol. The summed E-state index contributed by atoms with van der Waals surface area (Å²) in [5.74, 6) is -1.01. The number of benzene rings is 1. The molecule has 0 aromatic heterocycles. The molecule has 0 unspecified atom stereocenters. The predicted molar refractivity (Wildman–Crippen MR) is 82.3 cm³/mol. The van der Waals surface area contributed by atoms with E-state index in [0.29, 0.717) is 13.0 Å². The summed E-state index contributed by atoms with van der Waals surface area (Å²) in [6.07, 6.45) is -2.18. The van der Waals surface area contributed by atoms with Crippen LogP contribution in [0.3, 0.4) is 0 Å². The molecule has 0 radical (unpaired) electrons. The molecule has 2 rings (SSSR count). The van der Waals surface area contributed by atoms with Gasteiger partial charge in [0, 0.05) is 12.6 Å². The number of alkyl halides is 3. The Morgan fingerprint density at radius 3 is 2.56 bits per heavy atom. The van der Waals surface area contributed by atoms with Gasteiger partial charge in [0.1, 0.15) is 12.4 Å². The highest BCUT2D eigenvalue weighted by Gasteiger charge is 2.31. The molecule has 0 atom stereocenters. The average molecular weight is 361 g/mol. The van der Waals surface area contributed by atoms with Gasteiger partial charge in [-0.05, 0) is 37.0 Å². The van der Waals surface area contributed by atoms with Crippen molar-refractivity contribution in [2.24, 2.45) is 0 Å². The van der Waals surface area contributed by atoms with Crippen molar-refractivity contribution in [3.8, 4) is 0 Å². The van der Waals surface area contributed by atoms with Crippen molar-refractivity contribution in [3.05, 3.63) is 35.6 Å². The molecule has 138 valence electrons. The number of carbonyl (C=O) groups excluding carboxylic acids is 2. The second kappa shape index (κ2) is 8.28. The van der Waals surface area contributed by atoms with Crippen molar-refractivity contribution in [1.82, 2.24) is 15.5 Å². The topological polar surface area (TPSA) is 61.4 Å². The van der Waals surface area contributed by atoms with Crippen LogP contribution in [0.4, 0.5) is 22.4 Å². The van der Waals surface area contributed by atoms with Gasteiger partial charge in [-0.3, -0.25) is 15.0 Å². The van der Waals surface area contributed by atoms with E-state index >= 15 is 0 Å². The van der Waals surface area contributed by atoms with E-state index in [-0.39, 0.29) is 18.4 Å². The highest BCUT2D eigenvalue weighted by molar-refractivity contribution is 5.95. The van der Waals surface area contributed by atoms with Crippen LogP contribution in [-0.2, 0) is 11.2 Å². The summed E-state index contributed by atoms with van der Waals surface area (Å²) < 4.78 is 49.2. The maximum Gasteiger partial charge on any atom is 0.405 e. The van der Waals surface area contributed by atoms with E-state index in [4.69, 9.17) is 0 Å². The Morgan fingerprint density at radius 1 is 1.24 bits per heavy atom. The van der Waals surface area contributed by atoms with Gasteiger partial charge in [-0.25, -0.2) is 9.18 Å². The molecule has 0 aliphatic heterocycles. The molecule has 0 bridgehead atoms. The van der Waals surface area contributed by atoms with Gasteiger partial charge in [-0.1, -0.05) is 12.1 Å². The first-order chi connectivity index (χ1) is 11.7. The molecule has 0 saturated heterocycles. The Morgan fingerprint density at radius 2 is 1.96 bits per heavy atom.